The number of thiophene rings is 1. The predicted molar refractivity (Wildman–Crippen MR) is 111 cm³/mol. The second-order valence-corrected chi connectivity index (χ2v) is 8.87. The number of carbonyl (C=O) groups excluding carboxylic acids is 2. The fourth-order valence-electron chi connectivity index (χ4n) is 4.16. The van der Waals surface area contributed by atoms with E-state index in [9.17, 15) is 9.59 Å². The number of likely N-dealkylation sites (tertiary alicyclic amines) is 1. The van der Waals surface area contributed by atoms with Gasteiger partial charge in [0.15, 0.2) is 0 Å². The maximum Gasteiger partial charge on any atom is 0.252 e. The molecule has 29 heavy (non-hydrogen) atoms. The van der Waals surface area contributed by atoms with E-state index in [0.717, 1.165) is 68.0 Å². The molecule has 0 bridgehead atoms. The van der Waals surface area contributed by atoms with Crippen molar-refractivity contribution in [3.05, 3.63) is 38.4 Å². The normalized spacial score (nSPS) is 17.4. The third-order valence-corrected chi connectivity index (χ3v) is 6.94. The van der Waals surface area contributed by atoms with Crippen molar-refractivity contribution in [2.75, 3.05) is 26.2 Å². The highest BCUT2D eigenvalue weighted by molar-refractivity contribution is 7.10. The van der Waals surface area contributed by atoms with Crippen LogP contribution >= 0.6 is 11.3 Å². The molecule has 1 saturated heterocycles. The third kappa shape index (κ3) is 4.38. The van der Waals surface area contributed by atoms with Crippen molar-refractivity contribution in [3.63, 3.8) is 0 Å². The van der Waals surface area contributed by atoms with Crippen LogP contribution in [0.1, 0.15) is 57.1 Å². The Labute approximate surface area is 175 Å². The van der Waals surface area contributed by atoms with E-state index in [1.165, 1.54) is 10.4 Å². The summed E-state index contributed by atoms with van der Waals surface area (Å²) >= 11 is 1.66. The van der Waals surface area contributed by atoms with Gasteiger partial charge in [-0.3, -0.25) is 14.5 Å². The van der Waals surface area contributed by atoms with Gasteiger partial charge in [-0.05, 0) is 38.7 Å². The molecule has 8 heteroatoms. The van der Waals surface area contributed by atoms with Crippen LogP contribution in [0, 0.1) is 13.8 Å². The Bertz CT molecular complexity index is 884. The Balaban J connectivity index is 1.33. The maximum atomic E-state index is 12.7. The van der Waals surface area contributed by atoms with Gasteiger partial charge in [0.05, 0.1) is 11.3 Å². The first-order chi connectivity index (χ1) is 14.0. The van der Waals surface area contributed by atoms with Gasteiger partial charge in [-0.2, -0.15) is 0 Å². The van der Waals surface area contributed by atoms with Crippen molar-refractivity contribution >= 4 is 23.2 Å². The molecule has 2 aliphatic rings. The number of carbonyl (C=O) groups is 2. The summed E-state index contributed by atoms with van der Waals surface area (Å²) < 4.78 is 5.28. The zero-order chi connectivity index (χ0) is 20.4. The number of fused-ring (bicyclic) bond motifs is 1. The van der Waals surface area contributed by atoms with Gasteiger partial charge < -0.3 is 14.7 Å². The largest absolute Gasteiger partial charge is 0.361 e. The van der Waals surface area contributed by atoms with Gasteiger partial charge in [0.25, 0.3) is 5.91 Å². The van der Waals surface area contributed by atoms with Crippen LogP contribution in [0.2, 0.25) is 0 Å². The summed E-state index contributed by atoms with van der Waals surface area (Å²) in [6.07, 6.45) is 3.55. The van der Waals surface area contributed by atoms with Gasteiger partial charge in [-0.25, -0.2) is 0 Å². The minimum atomic E-state index is -0.0221. The van der Waals surface area contributed by atoms with E-state index >= 15 is 0 Å². The average Bonchev–Trinajstić information content (AvgIpc) is 3.27. The van der Waals surface area contributed by atoms with Crippen LogP contribution in [0.25, 0.3) is 0 Å². The maximum absolute atomic E-state index is 12.7. The highest BCUT2D eigenvalue weighted by Gasteiger charge is 2.25. The van der Waals surface area contributed by atoms with Gasteiger partial charge in [0, 0.05) is 61.5 Å². The molecule has 0 aliphatic carbocycles. The van der Waals surface area contributed by atoms with Crippen LogP contribution in [-0.2, 0) is 24.3 Å². The predicted octanol–water partition coefficient (Wildman–Crippen LogP) is 2.65. The first-order valence-electron chi connectivity index (χ1n) is 10.3. The Kier molecular flexibility index (Phi) is 6.01. The lowest BCUT2D eigenvalue weighted by Crippen LogP contribution is -2.41. The van der Waals surface area contributed by atoms with E-state index in [2.05, 4.69) is 15.4 Å². The lowest BCUT2D eigenvalue weighted by molar-refractivity contribution is -0.133. The lowest BCUT2D eigenvalue weighted by atomic mass is 10.0. The van der Waals surface area contributed by atoms with Crippen LogP contribution in [0.5, 0.6) is 0 Å². The quantitative estimate of drug-likeness (QED) is 0.783. The highest BCUT2D eigenvalue weighted by atomic mass is 32.1. The monoisotopic (exact) mass is 416 g/mol. The fraction of sp³-hybridized carbons (Fsp3) is 0.571. The summed E-state index contributed by atoms with van der Waals surface area (Å²) in [5.41, 5.74) is 4.09. The molecule has 4 rings (SSSR count). The Morgan fingerprint density at radius 3 is 2.90 bits per heavy atom. The molecule has 4 heterocycles. The number of piperidine rings is 1. The number of rotatable bonds is 6. The molecule has 2 aromatic heterocycles. The van der Waals surface area contributed by atoms with Gasteiger partial charge in [0.1, 0.15) is 5.76 Å². The Hall–Kier alpha value is -2.19. The van der Waals surface area contributed by atoms with Gasteiger partial charge in [-0.15, -0.1) is 11.3 Å². The molecular formula is C21H28N4O3S. The fourth-order valence-corrected chi connectivity index (χ4v) is 5.28. The summed E-state index contributed by atoms with van der Waals surface area (Å²) in [6.45, 7) is 8.43. The second-order valence-electron chi connectivity index (χ2n) is 7.91. The first-order valence-corrected chi connectivity index (χ1v) is 11.2. The van der Waals surface area contributed by atoms with E-state index in [-0.39, 0.29) is 11.8 Å². The zero-order valence-electron chi connectivity index (χ0n) is 17.1. The molecule has 0 atom stereocenters. The number of amides is 2. The zero-order valence-corrected chi connectivity index (χ0v) is 17.9. The summed E-state index contributed by atoms with van der Waals surface area (Å²) in [5, 5.41) is 9.03. The van der Waals surface area contributed by atoms with Crippen molar-refractivity contribution in [3.8, 4) is 0 Å². The van der Waals surface area contributed by atoms with Gasteiger partial charge in [-0.1, -0.05) is 5.16 Å². The number of aryl methyl sites for hydroxylation is 2. The molecule has 7 nitrogen and oxygen atoms in total. The number of hydrogen-bond acceptors (Lipinski definition) is 6. The number of hydrogen-bond donors (Lipinski definition) is 1. The van der Waals surface area contributed by atoms with Crippen molar-refractivity contribution in [2.45, 2.75) is 52.6 Å². The lowest BCUT2D eigenvalue weighted by Gasteiger charge is -2.27. The smallest absolute Gasteiger partial charge is 0.252 e. The minimum absolute atomic E-state index is 0.0221. The molecule has 0 aromatic carbocycles. The SMILES string of the molecule is Cc1noc(C)c1CN1CCc2c(C(=O)NCCN3CCCCC3=O)csc2C1. The van der Waals surface area contributed by atoms with E-state index in [1.54, 1.807) is 11.3 Å². The molecule has 0 unspecified atom stereocenters. The molecule has 0 radical (unpaired) electrons. The standard InChI is InChI=1S/C21H28N4O3S/c1-14-17(15(2)28-23-14)11-24-9-6-16-18(13-29-19(16)12-24)21(27)22-7-10-25-8-4-3-5-20(25)26/h13H,3-12H2,1-2H3,(H,22,27). The van der Waals surface area contributed by atoms with E-state index in [0.29, 0.717) is 19.5 Å². The van der Waals surface area contributed by atoms with Crippen molar-refractivity contribution in [2.24, 2.45) is 0 Å². The van der Waals surface area contributed by atoms with Gasteiger partial charge >= 0.3 is 0 Å². The first kappa shape index (κ1) is 20.1. The molecule has 1 N–H and O–H groups in total. The molecule has 2 aliphatic heterocycles. The van der Waals surface area contributed by atoms with Crippen LogP contribution in [0.4, 0.5) is 0 Å². The Morgan fingerprint density at radius 1 is 1.28 bits per heavy atom. The molecule has 0 saturated carbocycles. The third-order valence-electron chi connectivity index (χ3n) is 5.92. The van der Waals surface area contributed by atoms with E-state index < -0.39 is 0 Å². The molecule has 156 valence electrons. The topological polar surface area (TPSA) is 78.7 Å². The van der Waals surface area contributed by atoms with Gasteiger partial charge in [0.2, 0.25) is 5.91 Å². The van der Waals surface area contributed by atoms with E-state index in [4.69, 9.17) is 4.52 Å². The minimum Gasteiger partial charge on any atom is -0.361 e. The van der Waals surface area contributed by atoms with Crippen LogP contribution in [-0.4, -0.2) is 52.9 Å². The molecular weight excluding hydrogens is 388 g/mol. The Morgan fingerprint density at radius 2 is 2.14 bits per heavy atom. The molecule has 2 amide bonds. The van der Waals surface area contributed by atoms with Crippen molar-refractivity contribution < 1.29 is 14.1 Å². The average molecular weight is 417 g/mol. The van der Waals surface area contributed by atoms with Crippen LogP contribution in [0.3, 0.4) is 0 Å². The van der Waals surface area contributed by atoms with Crippen LogP contribution in [0.15, 0.2) is 9.90 Å². The summed E-state index contributed by atoms with van der Waals surface area (Å²) in [6, 6.07) is 0. The summed E-state index contributed by atoms with van der Waals surface area (Å²) in [5.74, 6) is 1.06. The highest BCUT2D eigenvalue weighted by Crippen LogP contribution is 2.30. The van der Waals surface area contributed by atoms with E-state index in [1.807, 2.05) is 24.1 Å². The van der Waals surface area contributed by atoms with Crippen LogP contribution < -0.4 is 5.32 Å². The van der Waals surface area contributed by atoms with Crippen molar-refractivity contribution in [1.82, 2.24) is 20.3 Å². The summed E-state index contributed by atoms with van der Waals surface area (Å²) in [7, 11) is 0. The molecule has 0 spiro atoms. The number of nitrogens with one attached hydrogen (secondary N) is 1. The molecule has 2 aromatic rings. The number of aromatic nitrogens is 1. The molecule has 1 fully saturated rings. The number of nitrogens with zero attached hydrogens (tertiary/aromatic N) is 3. The summed E-state index contributed by atoms with van der Waals surface area (Å²) in [4.78, 5) is 30.1. The second kappa shape index (κ2) is 8.67. The van der Waals surface area contributed by atoms with Crippen molar-refractivity contribution in [1.29, 1.82) is 0 Å².